The van der Waals surface area contributed by atoms with Gasteiger partial charge in [-0.25, -0.2) is 4.98 Å². The molecule has 3 aromatic rings. The highest BCUT2D eigenvalue weighted by atomic mass is 35.5. The molecule has 0 radical (unpaired) electrons. The molecule has 6 nitrogen and oxygen atoms in total. The number of nitrogens with zero attached hydrogens (tertiary/aromatic N) is 4. The van der Waals surface area contributed by atoms with Crippen molar-refractivity contribution >= 4 is 34.9 Å². The molecule has 1 saturated carbocycles. The van der Waals surface area contributed by atoms with Gasteiger partial charge in [0.2, 0.25) is 0 Å². The number of aromatic nitrogens is 3. The lowest BCUT2D eigenvalue weighted by Crippen LogP contribution is -2.31. The average molecular weight is 536 g/mol. The molecular weight excluding hydrogens is 514 g/mol. The third-order valence-electron chi connectivity index (χ3n) is 7.08. The number of rotatable bonds is 4. The van der Waals surface area contributed by atoms with Gasteiger partial charge in [0.25, 0.3) is 5.91 Å². The molecular formula is C25H22Cl2F3N5O. The highest BCUT2D eigenvalue weighted by Crippen LogP contribution is 2.61. The van der Waals surface area contributed by atoms with Crippen LogP contribution in [0.25, 0.3) is 0 Å². The van der Waals surface area contributed by atoms with Gasteiger partial charge in [0.1, 0.15) is 5.82 Å². The zero-order valence-electron chi connectivity index (χ0n) is 19.4. The second kappa shape index (κ2) is 8.88. The van der Waals surface area contributed by atoms with Crippen LogP contribution in [-0.4, -0.2) is 45.1 Å². The number of hydrogen-bond acceptors (Lipinski definition) is 5. The number of anilines is 1. The molecule has 11 heteroatoms. The molecule has 1 saturated heterocycles. The number of likely N-dealkylation sites (tertiary alicyclic amines) is 1. The van der Waals surface area contributed by atoms with E-state index in [-0.39, 0.29) is 23.3 Å². The molecule has 0 bridgehead atoms. The van der Waals surface area contributed by atoms with Gasteiger partial charge in [0.15, 0.2) is 0 Å². The molecule has 1 aromatic carbocycles. The van der Waals surface area contributed by atoms with Crippen molar-refractivity contribution in [2.75, 3.05) is 18.4 Å². The summed E-state index contributed by atoms with van der Waals surface area (Å²) >= 11 is 12.4. The minimum absolute atomic E-state index is 0.0561. The van der Waals surface area contributed by atoms with Gasteiger partial charge in [-0.15, -0.1) is 0 Å². The molecule has 36 heavy (non-hydrogen) atoms. The molecule has 1 aliphatic heterocycles. The van der Waals surface area contributed by atoms with Gasteiger partial charge in [0.05, 0.1) is 32.6 Å². The molecule has 1 aliphatic carbocycles. The number of carbonyl (C=O) groups excluding carboxylic acids is 1. The standard InChI is InChI=1S/C25H22Cl2F3N5O/c1-13-7-17(14(2)34-33-13)23(36)35-11-18(15-3-5-19(26)20(27)8-15)24(12-35)9-21(24)32-22-6-4-16(10-31-22)25(28,29)30/h3-8,10,18,21H,9,11-12H2,1-2H3,(H,31,32)/t18?,21-,24?/m1/s1. The predicted octanol–water partition coefficient (Wildman–Crippen LogP) is 5.92. The van der Waals surface area contributed by atoms with E-state index in [1.54, 1.807) is 30.9 Å². The maximum atomic E-state index is 13.5. The van der Waals surface area contributed by atoms with Crippen molar-refractivity contribution in [3.8, 4) is 0 Å². The SMILES string of the molecule is Cc1cc(C(=O)N2CC(c3ccc(Cl)c(Cl)c3)C3(C[C@H]3Nc3ccc(C(F)(F)F)cn3)C2)c(C)nn1. The molecule has 1 amide bonds. The van der Waals surface area contributed by atoms with Gasteiger partial charge in [-0.2, -0.15) is 23.4 Å². The van der Waals surface area contributed by atoms with Crippen molar-refractivity contribution in [1.29, 1.82) is 0 Å². The summed E-state index contributed by atoms with van der Waals surface area (Å²) in [5.41, 5.74) is 1.52. The third kappa shape index (κ3) is 4.50. The number of pyridine rings is 1. The van der Waals surface area contributed by atoms with Crippen LogP contribution in [-0.2, 0) is 6.18 Å². The van der Waals surface area contributed by atoms with Crippen molar-refractivity contribution in [3.05, 3.63) is 80.7 Å². The van der Waals surface area contributed by atoms with E-state index < -0.39 is 11.7 Å². The Hall–Kier alpha value is -2.91. The summed E-state index contributed by atoms with van der Waals surface area (Å²) in [6, 6.07) is 9.45. The van der Waals surface area contributed by atoms with Crippen molar-refractivity contribution in [2.24, 2.45) is 5.41 Å². The topological polar surface area (TPSA) is 71.0 Å². The Labute approximate surface area is 215 Å². The van der Waals surface area contributed by atoms with Crippen LogP contribution in [0.3, 0.4) is 0 Å². The first-order valence-electron chi connectivity index (χ1n) is 11.3. The average Bonchev–Trinajstić information content (AvgIpc) is 3.35. The van der Waals surface area contributed by atoms with Gasteiger partial charge in [0, 0.05) is 36.7 Å². The van der Waals surface area contributed by atoms with E-state index in [9.17, 15) is 18.0 Å². The molecule has 2 aliphatic rings. The zero-order chi connectivity index (χ0) is 25.8. The zero-order valence-corrected chi connectivity index (χ0v) is 20.9. The Morgan fingerprint density at radius 3 is 2.56 bits per heavy atom. The van der Waals surface area contributed by atoms with E-state index in [0.717, 1.165) is 24.2 Å². The van der Waals surface area contributed by atoms with Gasteiger partial charge in [-0.1, -0.05) is 29.3 Å². The van der Waals surface area contributed by atoms with Crippen LogP contribution < -0.4 is 5.32 Å². The maximum Gasteiger partial charge on any atom is 0.417 e. The summed E-state index contributed by atoms with van der Waals surface area (Å²) < 4.78 is 38.8. The smallest absolute Gasteiger partial charge is 0.367 e. The van der Waals surface area contributed by atoms with Gasteiger partial charge < -0.3 is 10.2 Å². The Kier molecular flexibility index (Phi) is 6.11. The van der Waals surface area contributed by atoms with E-state index in [1.165, 1.54) is 6.07 Å². The summed E-state index contributed by atoms with van der Waals surface area (Å²) in [7, 11) is 0. The predicted molar refractivity (Wildman–Crippen MR) is 130 cm³/mol. The lowest BCUT2D eigenvalue weighted by atomic mass is 9.85. The summed E-state index contributed by atoms with van der Waals surface area (Å²) in [4.78, 5) is 19.3. The highest BCUT2D eigenvalue weighted by molar-refractivity contribution is 6.42. The quantitative estimate of drug-likeness (QED) is 0.448. The number of amides is 1. The molecule has 1 N–H and O–H groups in total. The fraction of sp³-hybridized carbons (Fsp3) is 0.360. The largest absolute Gasteiger partial charge is 0.417 e. The van der Waals surface area contributed by atoms with E-state index in [2.05, 4.69) is 20.5 Å². The fourth-order valence-corrected chi connectivity index (χ4v) is 5.40. The number of benzene rings is 1. The second-order valence-electron chi connectivity index (χ2n) is 9.46. The van der Waals surface area contributed by atoms with Crippen LogP contribution in [0.4, 0.5) is 19.0 Å². The minimum atomic E-state index is -4.45. The summed E-state index contributed by atoms with van der Waals surface area (Å²) in [6.07, 6.45) is -2.91. The second-order valence-corrected chi connectivity index (χ2v) is 10.3. The summed E-state index contributed by atoms with van der Waals surface area (Å²) in [5.74, 6) is 0.164. The van der Waals surface area contributed by atoms with Crippen molar-refractivity contribution in [3.63, 3.8) is 0 Å². The van der Waals surface area contributed by atoms with Crippen LogP contribution >= 0.6 is 23.2 Å². The molecule has 188 valence electrons. The van der Waals surface area contributed by atoms with E-state index in [0.29, 0.717) is 45.9 Å². The lowest BCUT2D eigenvalue weighted by molar-refractivity contribution is -0.137. The lowest BCUT2D eigenvalue weighted by Gasteiger charge is -2.20. The van der Waals surface area contributed by atoms with Crippen molar-refractivity contribution in [2.45, 2.75) is 38.4 Å². The summed E-state index contributed by atoms with van der Waals surface area (Å²) in [6.45, 7) is 4.46. The normalized spacial score (nSPS) is 23.2. The molecule has 2 aromatic heterocycles. The van der Waals surface area contributed by atoms with E-state index >= 15 is 0 Å². The molecule has 3 heterocycles. The number of alkyl halides is 3. The van der Waals surface area contributed by atoms with Crippen LogP contribution in [0.15, 0.2) is 42.6 Å². The number of aryl methyl sites for hydroxylation is 2. The van der Waals surface area contributed by atoms with E-state index in [1.807, 2.05) is 12.1 Å². The van der Waals surface area contributed by atoms with Crippen LogP contribution in [0.5, 0.6) is 0 Å². The number of hydrogen-bond donors (Lipinski definition) is 1. The van der Waals surface area contributed by atoms with Crippen molar-refractivity contribution < 1.29 is 18.0 Å². The first-order valence-corrected chi connectivity index (χ1v) is 12.1. The highest BCUT2D eigenvalue weighted by Gasteiger charge is 2.64. The number of halogens is 5. The minimum Gasteiger partial charge on any atom is -0.367 e. The summed E-state index contributed by atoms with van der Waals surface area (Å²) in [5, 5.41) is 12.2. The first kappa shape index (κ1) is 24.8. The van der Waals surface area contributed by atoms with Crippen LogP contribution in [0, 0.1) is 19.3 Å². The molecule has 5 rings (SSSR count). The fourth-order valence-electron chi connectivity index (χ4n) is 5.09. The van der Waals surface area contributed by atoms with Crippen molar-refractivity contribution in [1.82, 2.24) is 20.1 Å². The van der Waals surface area contributed by atoms with E-state index in [4.69, 9.17) is 23.2 Å². The van der Waals surface area contributed by atoms with Gasteiger partial charge >= 0.3 is 6.18 Å². The maximum absolute atomic E-state index is 13.5. The van der Waals surface area contributed by atoms with Gasteiger partial charge in [-0.05, 0) is 56.2 Å². The Morgan fingerprint density at radius 2 is 1.89 bits per heavy atom. The third-order valence-corrected chi connectivity index (χ3v) is 7.82. The Morgan fingerprint density at radius 1 is 1.11 bits per heavy atom. The van der Waals surface area contributed by atoms with Crippen LogP contribution in [0.1, 0.15) is 45.2 Å². The first-order chi connectivity index (χ1) is 17.0. The number of carbonyl (C=O) groups is 1. The Bertz CT molecular complexity index is 1330. The Balaban J connectivity index is 1.43. The van der Waals surface area contributed by atoms with Gasteiger partial charge in [-0.3, -0.25) is 4.79 Å². The number of nitrogens with one attached hydrogen (secondary N) is 1. The molecule has 1 spiro atoms. The monoisotopic (exact) mass is 535 g/mol. The molecule has 2 fully saturated rings. The van der Waals surface area contributed by atoms with Crippen LogP contribution in [0.2, 0.25) is 10.0 Å². The molecule has 3 atom stereocenters. The molecule has 2 unspecified atom stereocenters.